The summed E-state index contributed by atoms with van der Waals surface area (Å²) < 4.78 is 18.6. The highest BCUT2D eigenvalue weighted by Gasteiger charge is 2.45. The van der Waals surface area contributed by atoms with E-state index in [1.165, 1.54) is 0 Å². The van der Waals surface area contributed by atoms with Crippen molar-refractivity contribution in [3.05, 3.63) is 18.0 Å². The number of aliphatic hydroxyl groups is 1. The van der Waals surface area contributed by atoms with E-state index in [1.54, 1.807) is 17.9 Å². The molecule has 21 heavy (non-hydrogen) atoms. The van der Waals surface area contributed by atoms with Crippen LogP contribution < -0.4 is 5.32 Å². The summed E-state index contributed by atoms with van der Waals surface area (Å²) in [7, 11) is 1.80. The second-order valence-electron chi connectivity index (χ2n) is 5.58. The van der Waals surface area contributed by atoms with Gasteiger partial charge in [-0.15, -0.1) is 0 Å². The highest BCUT2D eigenvalue weighted by atomic mass is 19.1. The van der Waals surface area contributed by atoms with Crippen LogP contribution in [0.25, 0.3) is 0 Å². The first-order valence-electron chi connectivity index (χ1n) is 7.20. The molecule has 1 atom stereocenters. The number of nitrogens with zero attached hydrogens (tertiary/aromatic N) is 2. The zero-order valence-corrected chi connectivity index (χ0v) is 12.2. The van der Waals surface area contributed by atoms with Gasteiger partial charge >= 0.3 is 6.09 Å². The van der Waals surface area contributed by atoms with E-state index in [4.69, 9.17) is 4.74 Å². The van der Waals surface area contributed by atoms with Crippen LogP contribution in [-0.4, -0.2) is 40.9 Å². The fourth-order valence-electron chi connectivity index (χ4n) is 2.73. The number of amides is 1. The molecule has 2 N–H and O–H groups in total. The van der Waals surface area contributed by atoms with Crippen molar-refractivity contribution in [1.82, 2.24) is 15.1 Å². The van der Waals surface area contributed by atoms with Gasteiger partial charge in [-0.05, 0) is 12.8 Å². The van der Waals surface area contributed by atoms with Crippen LogP contribution in [-0.2, 0) is 11.8 Å². The number of ether oxygens (including phenoxy) is 1. The van der Waals surface area contributed by atoms with Gasteiger partial charge in [0.15, 0.2) is 0 Å². The number of aromatic nitrogens is 2. The average Bonchev–Trinajstić information content (AvgIpc) is 2.84. The lowest BCUT2D eigenvalue weighted by molar-refractivity contribution is 0.00443. The maximum Gasteiger partial charge on any atom is 0.407 e. The molecule has 0 bridgehead atoms. The van der Waals surface area contributed by atoms with Gasteiger partial charge in [0.2, 0.25) is 0 Å². The quantitative estimate of drug-likeness (QED) is 0.752. The van der Waals surface area contributed by atoms with Gasteiger partial charge < -0.3 is 15.2 Å². The number of hydrogen-bond donors (Lipinski definition) is 2. The van der Waals surface area contributed by atoms with Gasteiger partial charge in [-0.2, -0.15) is 5.10 Å². The third-order valence-corrected chi connectivity index (χ3v) is 4.11. The number of halogens is 1. The Morgan fingerprint density at radius 3 is 2.90 bits per heavy atom. The van der Waals surface area contributed by atoms with E-state index in [-0.39, 0.29) is 31.1 Å². The van der Waals surface area contributed by atoms with Crippen LogP contribution in [0.4, 0.5) is 9.18 Å². The monoisotopic (exact) mass is 299 g/mol. The number of carbonyl (C=O) groups is 1. The van der Waals surface area contributed by atoms with Crippen LogP contribution in [0.2, 0.25) is 0 Å². The molecule has 0 radical (unpaired) electrons. The van der Waals surface area contributed by atoms with Crippen molar-refractivity contribution in [2.75, 3.05) is 19.9 Å². The normalized spacial score (nSPS) is 17.9. The summed E-state index contributed by atoms with van der Waals surface area (Å²) in [5.74, 6) is 0. The van der Waals surface area contributed by atoms with Gasteiger partial charge in [-0.25, -0.2) is 4.79 Å². The predicted octanol–water partition coefficient (Wildman–Crippen LogP) is 1.71. The Morgan fingerprint density at radius 2 is 2.43 bits per heavy atom. The van der Waals surface area contributed by atoms with Gasteiger partial charge in [0, 0.05) is 30.6 Å². The molecule has 0 aliphatic heterocycles. The van der Waals surface area contributed by atoms with Crippen molar-refractivity contribution in [3.8, 4) is 0 Å². The Hall–Kier alpha value is -1.63. The van der Waals surface area contributed by atoms with Crippen LogP contribution in [0, 0.1) is 5.41 Å². The molecule has 0 spiro atoms. The minimum Gasteiger partial charge on any atom is -0.449 e. The summed E-state index contributed by atoms with van der Waals surface area (Å²) in [6.45, 7) is -0.467. The molecule has 2 rings (SSSR count). The molecule has 7 heteroatoms. The molecule has 1 aromatic rings. The molecule has 6 nitrogen and oxygen atoms in total. The lowest BCUT2D eigenvalue weighted by atomic mass is 9.63. The van der Waals surface area contributed by atoms with Crippen LogP contribution in [0.1, 0.15) is 37.3 Å². The molecule has 1 aromatic heterocycles. The fraction of sp³-hybridized carbons (Fsp3) is 0.714. The third kappa shape index (κ3) is 3.53. The number of nitrogens with one attached hydrogen (secondary N) is 1. The van der Waals surface area contributed by atoms with E-state index in [2.05, 4.69) is 10.4 Å². The van der Waals surface area contributed by atoms with Gasteiger partial charge in [0.25, 0.3) is 0 Å². The molecule has 1 fully saturated rings. The smallest absolute Gasteiger partial charge is 0.407 e. The lowest BCUT2D eigenvalue weighted by Crippen LogP contribution is -2.47. The summed E-state index contributed by atoms with van der Waals surface area (Å²) >= 11 is 0. The van der Waals surface area contributed by atoms with E-state index in [1.807, 2.05) is 6.20 Å². The second-order valence-corrected chi connectivity index (χ2v) is 5.58. The van der Waals surface area contributed by atoms with E-state index < -0.39 is 12.8 Å². The molecule has 118 valence electrons. The fourth-order valence-corrected chi connectivity index (χ4v) is 2.73. The second kappa shape index (κ2) is 6.89. The van der Waals surface area contributed by atoms with E-state index in [0.717, 1.165) is 24.8 Å². The van der Waals surface area contributed by atoms with E-state index in [0.29, 0.717) is 0 Å². The number of alkyl carbamates (subject to hydrolysis) is 1. The van der Waals surface area contributed by atoms with Crippen LogP contribution >= 0.6 is 0 Å². The standard InChI is InChI=1S/C14H22FN3O3/c1-18-9-11(8-16-18)12(14(10-19)4-2-5-14)17-13(20)21-7-3-6-15/h8-9,12,19H,2-7,10H2,1H3,(H,17,20). The zero-order valence-electron chi connectivity index (χ0n) is 12.2. The number of hydrogen-bond acceptors (Lipinski definition) is 4. The molecular weight excluding hydrogens is 277 g/mol. The predicted molar refractivity (Wildman–Crippen MR) is 74.4 cm³/mol. The first kappa shape index (κ1) is 15.8. The first-order valence-corrected chi connectivity index (χ1v) is 7.20. The summed E-state index contributed by atoms with van der Waals surface area (Å²) in [6, 6.07) is -0.345. The Morgan fingerprint density at radius 1 is 1.67 bits per heavy atom. The number of aliphatic hydroxyl groups excluding tert-OH is 1. The van der Waals surface area contributed by atoms with Crippen molar-refractivity contribution < 1.29 is 19.0 Å². The molecule has 1 heterocycles. The molecule has 1 unspecified atom stereocenters. The van der Waals surface area contributed by atoms with Gasteiger partial charge in [0.05, 0.1) is 32.1 Å². The largest absolute Gasteiger partial charge is 0.449 e. The van der Waals surface area contributed by atoms with Crippen LogP contribution in [0.3, 0.4) is 0 Å². The Balaban J connectivity index is 2.07. The topological polar surface area (TPSA) is 76.4 Å². The van der Waals surface area contributed by atoms with Crippen molar-refractivity contribution in [3.63, 3.8) is 0 Å². The van der Waals surface area contributed by atoms with E-state index >= 15 is 0 Å². The third-order valence-electron chi connectivity index (χ3n) is 4.11. The summed E-state index contributed by atoms with van der Waals surface area (Å²) in [6.07, 6.45) is 5.81. The summed E-state index contributed by atoms with van der Waals surface area (Å²) in [4.78, 5) is 11.8. The average molecular weight is 299 g/mol. The van der Waals surface area contributed by atoms with E-state index in [9.17, 15) is 14.3 Å². The molecule has 1 aliphatic rings. The highest BCUT2D eigenvalue weighted by Crippen LogP contribution is 2.49. The maximum absolute atomic E-state index is 12.0. The number of alkyl halides is 1. The zero-order chi connectivity index (χ0) is 15.3. The molecule has 1 amide bonds. The van der Waals surface area contributed by atoms with Gasteiger partial charge in [0.1, 0.15) is 0 Å². The Kier molecular flexibility index (Phi) is 5.17. The van der Waals surface area contributed by atoms with Gasteiger partial charge in [-0.3, -0.25) is 9.07 Å². The number of carbonyl (C=O) groups excluding carboxylic acids is 1. The molecular formula is C14H22FN3O3. The molecule has 1 saturated carbocycles. The molecule has 0 saturated heterocycles. The SMILES string of the molecule is Cn1cc(C(NC(=O)OCCCF)C2(CO)CCC2)cn1. The van der Waals surface area contributed by atoms with Crippen molar-refractivity contribution in [1.29, 1.82) is 0 Å². The number of aryl methyl sites for hydroxylation is 1. The summed E-state index contributed by atoms with van der Waals surface area (Å²) in [5.41, 5.74) is 0.482. The van der Waals surface area contributed by atoms with Gasteiger partial charge in [-0.1, -0.05) is 6.42 Å². The maximum atomic E-state index is 12.0. The minimum atomic E-state index is -0.586. The van der Waals surface area contributed by atoms with Crippen LogP contribution in [0.15, 0.2) is 12.4 Å². The Labute approximate surface area is 123 Å². The first-order chi connectivity index (χ1) is 10.1. The Bertz CT molecular complexity index is 468. The van der Waals surface area contributed by atoms with Crippen LogP contribution in [0.5, 0.6) is 0 Å². The highest BCUT2D eigenvalue weighted by molar-refractivity contribution is 5.68. The lowest BCUT2D eigenvalue weighted by Gasteiger charge is -2.46. The molecule has 1 aliphatic carbocycles. The minimum absolute atomic E-state index is 0.00266. The number of rotatable bonds is 7. The van der Waals surface area contributed by atoms with Crippen molar-refractivity contribution in [2.45, 2.75) is 31.7 Å². The molecule has 0 aromatic carbocycles. The van der Waals surface area contributed by atoms with Crippen molar-refractivity contribution in [2.24, 2.45) is 12.5 Å². The van der Waals surface area contributed by atoms with Crippen molar-refractivity contribution >= 4 is 6.09 Å². The summed E-state index contributed by atoms with van der Waals surface area (Å²) in [5, 5.41) is 16.7.